The Morgan fingerprint density at radius 1 is 1.04 bits per heavy atom. The Morgan fingerprint density at radius 2 is 1.83 bits per heavy atom. The number of anilines is 1. The number of hydrogen-bond acceptors (Lipinski definition) is 3. The lowest BCUT2D eigenvalue weighted by molar-refractivity contribution is -0.116. The molecule has 126 valence electrons. The molecule has 0 aromatic heterocycles. The molecule has 2 aromatic rings. The van der Waals surface area contributed by atoms with E-state index in [1.807, 2.05) is 37.3 Å². The maximum atomic E-state index is 12.0. The third-order valence-corrected chi connectivity index (χ3v) is 3.31. The summed E-state index contributed by atoms with van der Waals surface area (Å²) >= 11 is 0. The van der Waals surface area contributed by atoms with Crippen LogP contribution in [0.3, 0.4) is 0 Å². The Hall–Kier alpha value is -2.82. The third-order valence-electron chi connectivity index (χ3n) is 3.31. The van der Waals surface area contributed by atoms with Gasteiger partial charge in [-0.25, -0.2) is 0 Å². The average Bonchev–Trinajstić information content (AvgIpc) is 2.60. The summed E-state index contributed by atoms with van der Waals surface area (Å²) in [5, 5.41) is 5.54. The molecule has 0 fully saturated rings. The largest absolute Gasteiger partial charge is 0.494 e. The van der Waals surface area contributed by atoms with Crippen LogP contribution in [-0.2, 0) is 4.79 Å². The van der Waals surface area contributed by atoms with E-state index < -0.39 is 0 Å². The lowest BCUT2D eigenvalue weighted by atomic mass is 10.2. The maximum Gasteiger partial charge on any atom is 0.251 e. The van der Waals surface area contributed by atoms with Crippen LogP contribution in [0, 0.1) is 0 Å². The number of carbonyl (C=O) groups excluding carboxylic acids is 2. The first-order valence-electron chi connectivity index (χ1n) is 8.05. The number of para-hydroxylation sites is 1. The summed E-state index contributed by atoms with van der Waals surface area (Å²) in [6.45, 7) is 2.91. The standard InChI is InChI=1S/C19H22N2O3/c1-2-20-19(23)15-8-6-9-16(14-15)21-18(22)12-7-13-24-17-10-4-3-5-11-17/h3-6,8-11,14H,2,7,12-13H2,1H3,(H,20,23)(H,21,22). The van der Waals surface area contributed by atoms with Crippen LogP contribution in [0.5, 0.6) is 5.75 Å². The molecule has 2 N–H and O–H groups in total. The molecular weight excluding hydrogens is 304 g/mol. The minimum Gasteiger partial charge on any atom is -0.494 e. The van der Waals surface area contributed by atoms with Crippen LogP contribution in [-0.4, -0.2) is 25.0 Å². The minimum absolute atomic E-state index is 0.0975. The highest BCUT2D eigenvalue weighted by Crippen LogP contribution is 2.12. The molecule has 0 unspecified atom stereocenters. The molecule has 2 amide bonds. The van der Waals surface area contributed by atoms with E-state index in [4.69, 9.17) is 4.74 Å². The zero-order valence-electron chi connectivity index (χ0n) is 13.7. The molecule has 5 heteroatoms. The summed E-state index contributed by atoms with van der Waals surface area (Å²) in [6, 6.07) is 16.4. The van der Waals surface area contributed by atoms with Crippen molar-refractivity contribution in [1.29, 1.82) is 0 Å². The first kappa shape index (κ1) is 17.5. The fourth-order valence-electron chi connectivity index (χ4n) is 2.16. The van der Waals surface area contributed by atoms with Crippen molar-refractivity contribution in [3.05, 3.63) is 60.2 Å². The SMILES string of the molecule is CCNC(=O)c1cccc(NC(=O)CCCOc2ccccc2)c1. The molecule has 2 aromatic carbocycles. The van der Waals surface area contributed by atoms with Gasteiger partial charge in [0.1, 0.15) is 5.75 Å². The van der Waals surface area contributed by atoms with Crippen molar-refractivity contribution in [2.45, 2.75) is 19.8 Å². The van der Waals surface area contributed by atoms with Gasteiger partial charge in [0, 0.05) is 24.2 Å². The van der Waals surface area contributed by atoms with Gasteiger partial charge in [-0.3, -0.25) is 9.59 Å². The number of carbonyl (C=O) groups is 2. The van der Waals surface area contributed by atoms with E-state index in [0.717, 1.165) is 5.75 Å². The topological polar surface area (TPSA) is 67.4 Å². The predicted octanol–water partition coefficient (Wildman–Crippen LogP) is 3.23. The molecule has 0 atom stereocenters. The number of hydrogen-bond donors (Lipinski definition) is 2. The van der Waals surface area contributed by atoms with Crippen LogP contribution < -0.4 is 15.4 Å². The van der Waals surface area contributed by atoms with Gasteiger partial charge in [-0.1, -0.05) is 24.3 Å². The fourth-order valence-corrected chi connectivity index (χ4v) is 2.16. The zero-order chi connectivity index (χ0) is 17.2. The van der Waals surface area contributed by atoms with Gasteiger partial charge in [-0.2, -0.15) is 0 Å². The highest BCUT2D eigenvalue weighted by Gasteiger charge is 2.07. The predicted molar refractivity (Wildman–Crippen MR) is 94.2 cm³/mol. The second kappa shape index (κ2) is 9.35. The molecule has 2 rings (SSSR count). The molecule has 0 saturated heterocycles. The summed E-state index contributed by atoms with van der Waals surface area (Å²) in [6.07, 6.45) is 0.981. The van der Waals surface area contributed by atoms with Gasteiger partial charge in [-0.05, 0) is 43.7 Å². The smallest absolute Gasteiger partial charge is 0.251 e. The van der Waals surface area contributed by atoms with Gasteiger partial charge < -0.3 is 15.4 Å². The number of nitrogens with one attached hydrogen (secondary N) is 2. The van der Waals surface area contributed by atoms with Crippen LogP contribution in [0.15, 0.2) is 54.6 Å². The molecule has 0 aliphatic carbocycles. The molecule has 0 aliphatic heterocycles. The van der Waals surface area contributed by atoms with Gasteiger partial charge in [0.15, 0.2) is 0 Å². The molecule has 0 aliphatic rings. The van der Waals surface area contributed by atoms with E-state index in [0.29, 0.717) is 37.2 Å². The first-order valence-corrected chi connectivity index (χ1v) is 8.05. The number of rotatable bonds is 8. The summed E-state index contributed by atoms with van der Waals surface area (Å²) in [4.78, 5) is 23.8. The normalized spacial score (nSPS) is 10.0. The van der Waals surface area contributed by atoms with E-state index >= 15 is 0 Å². The van der Waals surface area contributed by atoms with Crippen LogP contribution in [0.4, 0.5) is 5.69 Å². The van der Waals surface area contributed by atoms with Gasteiger partial charge >= 0.3 is 0 Å². The molecule has 0 spiro atoms. The van der Waals surface area contributed by atoms with E-state index in [9.17, 15) is 9.59 Å². The summed E-state index contributed by atoms with van der Waals surface area (Å²) in [5.41, 5.74) is 1.15. The summed E-state index contributed by atoms with van der Waals surface area (Å²) in [7, 11) is 0. The van der Waals surface area contributed by atoms with Crippen molar-refractivity contribution in [2.75, 3.05) is 18.5 Å². The third kappa shape index (κ3) is 5.76. The maximum absolute atomic E-state index is 12.0. The van der Waals surface area contributed by atoms with E-state index in [1.54, 1.807) is 24.3 Å². The summed E-state index contributed by atoms with van der Waals surface area (Å²) in [5.74, 6) is 0.553. The Labute approximate surface area is 142 Å². The van der Waals surface area contributed by atoms with Crippen LogP contribution in [0.2, 0.25) is 0 Å². The second-order valence-electron chi connectivity index (χ2n) is 5.25. The van der Waals surface area contributed by atoms with Crippen LogP contribution in [0.1, 0.15) is 30.1 Å². The Morgan fingerprint density at radius 3 is 2.58 bits per heavy atom. The van der Waals surface area contributed by atoms with Crippen molar-refractivity contribution in [3.8, 4) is 5.75 Å². The van der Waals surface area contributed by atoms with E-state index in [1.165, 1.54) is 0 Å². The molecule has 5 nitrogen and oxygen atoms in total. The Balaban J connectivity index is 1.76. The summed E-state index contributed by atoms with van der Waals surface area (Å²) < 4.78 is 5.55. The minimum atomic E-state index is -0.148. The molecule has 24 heavy (non-hydrogen) atoms. The first-order chi connectivity index (χ1) is 11.7. The lowest BCUT2D eigenvalue weighted by Gasteiger charge is -2.08. The number of ether oxygens (including phenoxy) is 1. The Kier molecular flexibility index (Phi) is 6.83. The lowest BCUT2D eigenvalue weighted by Crippen LogP contribution is -2.22. The van der Waals surface area contributed by atoms with Gasteiger partial charge in [0.2, 0.25) is 5.91 Å². The monoisotopic (exact) mass is 326 g/mol. The number of amides is 2. The van der Waals surface area contributed by atoms with Crippen LogP contribution >= 0.6 is 0 Å². The highest BCUT2D eigenvalue weighted by atomic mass is 16.5. The fraction of sp³-hybridized carbons (Fsp3) is 0.263. The average molecular weight is 326 g/mol. The quantitative estimate of drug-likeness (QED) is 0.732. The molecule has 0 bridgehead atoms. The van der Waals surface area contributed by atoms with Crippen molar-refractivity contribution >= 4 is 17.5 Å². The second-order valence-corrected chi connectivity index (χ2v) is 5.25. The van der Waals surface area contributed by atoms with E-state index in [-0.39, 0.29) is 11.8 Å². The number of benzene rings is 2. The van der Waals surface area contributed by atoms with Crippen molar-refractivity contribution in [1.82, 2.24) is 5.32 Å². The van der Waals surface area contributed by atoms with Crippen molar-refractivity contribution in [2.24, 2.45) is 0 Å². The van der Waals surface area contributed by atoms with Crippen molar-refractivity contribution < 1.29 is 14.3 Å². The molecule has 0 radical (unpaired) electrons. The van der Waals surface area contributed by atoms with Gasteiger partial charge in [-0.15, -0.1) is 0 Å². The van der Waals surface area contributed by atoms with Gasteiger partial charge in [0.25, 0.3) is 5.91 Å². The Bertz CT molecular complexity index is 671. The molecule has 0 heterocycles. The molecule has 0 saturated carbocycles. The van der Waals surface area contributed by atoms with E-state index in [2.05, 4.69) is 10.6 Å². The van der Waals surface area contributed by atoms with Crippen LogP contribution in [0.25, 0.3) is 0 Å². The van der Waals surface area contributed by atoms with Crippen molar-refractivity contribution in [3.63, 3.8) is 0 Å². The van der Waals surface area contributed by atoms with Gasteiger partial charge in [0.05, 0.1) is 6.61 Å². The zero-order valence-corrected chi connectivity index (χ0v) is 13.7. The molecular formula is C19H22N2O3. The highest BCUT2D eigenvalue weighted by molar-refractivity contribution is 5.97.